The van der Waals surface area contributed by atoms with E-state index in [2.05, 4.69) is 15.5 Å². The molecule has 0 bridgehead atoms. The van der Waals surface area contributed by atoms with Crippen molar-refractivity contribution in [2.24, 2.45) is 0 Å². The summed E-state index contributed by atoms with van der Waals surface area (Å²) in [7, 11) is 1.61. The van der Waals surface area contributed by atoms with Crippen molar-refractivity contribution in [3.8, 4) is 17.3 Å². The predicted octanol–water partition coefficient (Wildman–Crippen LogP) is 1.67. The van der Waals surface area contributed by atoms with Gasteiger partial charge in [0.05, 0.1) is 19.1 Å². The maximum atomic E-state index is 12.0. The van der Waals surface area contributed by atoms with Crippen molar-refractivity contribution >= 4 is 17.7 Å². The molecule has 0 radical (unpaired) electrons. The van der Waals surface area contributed by atoms with E-state index in [0.29, 0.717) is 23.3 Å². The second kappa shape index (κ2) is 7.75. The molecule has 2 heterocycles. The molecule has 0 aliphatic carbocycles. The first-order chi connectivity index (χ1) is 12.2. The third-order valence-corrected chi connectivity index (χ3v) is 4.33. The van der Waals surface area contributed by atoms with Crippen molar-refractivity contribution in [2.45, 2.75) is 11.7 Å². The molecule has 0 spiro atoms. The maximum Gasteiger partial charge on any atom is 0.230 e. The topological polar surface area (TPSA) is 108 Å². The number of carbonyl (C=O) groups is 1. The van der Waals surface area contributed by atoms with Gasteiger partial charge in [0.15, 0.2) is 5.76 Å². The molecule has 1 amide bonds. The van der Waals surface area contributed by atoms with Gasteiger partial charge >= 0.3 is 0 Å². The second-order valence-electron chi connectivity index (χ2n) is 5.07. The first-order valence-electron chi connectivity index (χ1n) is 7.44. The number of aromatic nitrogens is 3. The number of benzene rings is 1. The fraction of sp³-hybridized carbons (Fsp3) is 0.188. The summed E-state index contributed by atoms with van der Waals surface area (Å²) in [5.41, 5.74) is 0.987. The van der Waals surface area contributed by atoms with E-state index in [-0.39, 0.29) is 11.7 Å². The van der Waals surface area contributed by atoms with Gasteiger partial charge in [0.25, 0.3) is 0 Å². The van der Waals surface area contributed by atoms with Crippen LogP contribution in [-0.4, -0.2) is 33.6 Å². The Balaban J connectivity index is 1.50. The fourth-order valence-electron chi connectivity index (χ4n) is 2.07. The van der Waals surface area contributed by atoms with Gasteiger partial charge in [0, 0.05) is 6.54 Å². The van der Waals surface area contributed by atoms with Crippen molar-refractivity contribution in [3.63, 3.8) is 0 Å². The highest BCUT2D eigenvalue weighted by molar-refractivity contribution is 7.99. The molecule has 0 atom stereocenters. The van der Waals surface area contributed by atoms with Crippen LogP contribution in [0.4, 0.5) is 0 Å². The molecule has 130 valence electrons. The lowest BCUT2D eigenvalue weighted by molar-refractivity contribution is -0.118. The Morgan fingerprint density at radius 2 is 2.12 bits per heavy atom. The lowest BCUT2D eigenvalue weighted by Crippen LogP contribution is -2.25. The van der Waals surface area contributed by atoms with Crippen LogP contribution in [0.25, 0.3) is 11.6 Å². The number of methoxy groups -OCH3 is 1. The van der Waals surface area contributed by atoms with Crippen molar-refractivity contribution < 1.29 is 13.9 Å². The monoisotopic (exact) mass is 359 g/mol. The normalized spacial score (nSPS) is 10.6. The van der Waals surface area contributed by atoms with Crippen molar-refractivity contribution in [3.05, 3.63) is 48.2 Å². The van der Waals surface area contributed by atoms with E-state index in [1.807, 2.05) is 24.3 Å². The predicted molar refractivity (Wildman–Crippen MR) is 93.4 cm³/mol. The Morgan fingerprint density at radius 3 is 2.80 bits per heavy atom. The number of amides is 1. The average Bonchev–Trinajstić information content (AvgIpc) is 3.28. The number of hydrogen-bond acceptors (Lipinski definition) is 7. The molecule has 0 saturated heterocycles. The van der Waals surface area contributed by atoms with E-state index in [0.717, 1.165) is 11.3 Å². The van der Waals surface area contributed by atoms with Gasteiger partial charge in [0.1, 0.15) is 5.75 Å². The molecule has 9 heteroatoms. The fourth-order valence-corrected chi connectivity index (χ4v) is 2.76. The molecule has 0 saturated carbocycles. The van der Waals surface area contributed by atoms with Crippen LogP contribution in [0.2, 0.25) is 0 Å². The molecule has 0 aliphatic rings. The molecule has 3 aromatic rings. The molecule has 2 aromatic heterocycles. The molecule has 3 rings (SSSR count). The molecular formula is C16H17N5O3S. The number of rotatable bonds is 7. The summed E-state index contributed by atoms with van der Waals surface area (Å²) in [5.74, 6) is 7.71. The van der Waals surface area contributed by atoms with E-state index in [1.54, 1.807) is 19.2 Å². The van der Waals surface area contributed by atoms with Crippen LogP contribution < -0.4 is 15.9 Å². The molecule has 8 nitrogen and oxygen atoms in total. The zero-order valence-corrected chi connectivity index (χ0v) is 14.3. The summed E-state index contributed by atoms with van der Waals surface area (Å²) in [6.45, 7) is 0.441. The standard InChI is InChI=1S/C16H17N5O3S/c1-23-12-6-4-11(5-7-12)9-18-14(22)10-25-16-20-19-15(21(16)17)13-3-2-8-24-13/h2-8H,9-10,17H2,1H3,(H,18,22). The lowest BCUT2D eigenvalue weighted by atomic mass is 10.2. The number of nitrogens with two attached hydrogens (primary N) is 1. The third kappa shape index (κ3) is 4.13. The Bertz CT molecular complexity index is 830. The first kappa shape index (κ1) is 16.9. The highest BCUT2D eigenvalue weighted by atomic mass is 32.2. The Kier molecular flexibility index (Phi) is 5.24. The number of ether oxygens (including phenoxy) is 1. The zero-order valence-electron chi connectivity index (χ0n) is 13.5. The van der Waals surface area contributed by atoms with Crippen LogP contribution in [0.1, 0.15) is 5.56 Å². The highest BCUT2D eigenvalue weighted by Crippen LogP contribution is 2.21. The van der Waals surface area contributed by atoms with Crippen LogP contribution in [0, 0.1) is 0 Å². The van der Waals surface area contributed by atoms with Crippen LogP contribution in [0.3, 0.4) is 0 Å². The summed E-state index contributed by atoms with van der Waals surface area (Å²) < 4.78 is 11.6. The van der Waals surface area contributed by atoms with Crippen molar-refractivity contribution in [1.29, 1.82) is 0 Å². The summed E-state index contributed by atoms with van der Waals surface area (Å²) >= 11 is 1.21. The quantitative estimate of drug-likeness (QED) is 0.488. The van der Waals surface area contributed by atoms with E-state index in [1.165, 1.54) is 22.7 Å². The van der Waals surface area contributed by atoms with Crippen molar-refractivity contribution in [1.82, 2.24) is 20.2 Å². The number of carbonyl (C=O) groups excluding carboxylic acids is 1. The lowest BCUT2D eigenvalue weighted by Gasteiger charge is -2.06. The molecule has 1 aromatic carbocycles. The number of furan rings is 1. The Hall–Kier alpha value is -2.94. The summed E-state index contributed by atoms with van der Waals surface area (Å²) in [4.78, 5) is 12.0. The number of hydrogen-bond donors (Lipinski definition) is 2. The average molecular weight is 359 g/mol. The summed E-state index contributed by atoms with van der Waals surface area (Å²) in [5, 5.41) is 11.2. The highest BCUT2D eigenvalue weighted by Gasteiger charge is 2.15. The summed E-state index contributed by atoms with van der Waals surface area (Å²) in [6, 6.07) is 11.0. The van der Waals surface area contributed by atoms with Gasteiger partial charge in [-0.15, -0.1) is 10.2 Å². The van der Waals surface area contributed by atoms with Crippen molar-refractivity contribution in [2.75, 3.05) is 18.7 Å². The van der Waals surface area contributed by atoms with Gasteiger partial charge in [-0.1, -0.05) is 23.9 Å². The molecule has 3 N–H and O–H groups in total. The van der Waals surface area contributed by atoms with Crippen LogP contribution in [0.15, 0.2) is 52.2 Å². The maximum absolute atomic E-state index is 12.0. The van der Waals surface area contributed by atoms with E-state index in [4.69, 9.17) is 15.0 Å². The minimum atomic E-state index is -0.122. The smallest absolute Gasteiger partial charge is 0.230 e. The van der Waals surface area contributed by atoms with Gasteiger partial charge < -0.3 is 20.3 Å². The molecule has 0 unspecified atom stereocenters. The van der Waals surface area contributed by atoms with E-state index in [9.17, 15) is 4.79 Å². The first-order valence-corrected chi connectivity index (χ1v) is 8.42. The second-order valence-corrected chi connectivity index (χ2v) is 6.01. The number of nitrogen functional groups attached to an aromatic ring is 1. The third-order valence-electron chi connectivity index (χ3n) is 3.39. The van der Waals surface area contributed by atoms with Gasteiger partial charge in [0.2, 0.25) is 16.9 Å². The van der Waals surface area contributed by atoms with Crippen LogP contribution in [-0.2, 0) is 11.3 Å². The minimum absolute atomic E-state index is 0.122. The van der Waals surface area contributed by atoms with Crippen LogP contribution >= 0.6 is 11.8 Å². The van der Waals surface area contributed by atoms with Crippen LogP contribution in [0.5, 0.6) is 5.75 Å². The Morgan fingerprint density at radius 1 is 1.32 bits per heavy atom. The molecule has 25 heavy (non-hydrogen) atoms. The number of thioether (sulfide) groups is 1. The SMILES string of the molecule is COc1ccc(CNC(=O)CSc2nnc(-c3ccco3)n2N)cc1. The molecule has 0 aliphatic heterocycles. The molecular weight excluding hydrogens is 342 g/mol. The number of nitrogens with one attached hydrogen (secondary N) is 1. The van der Waals surface area contributed by atoms with E-state index >= 15 is 0 Å². The molecule has 0 fully saturated rings. The minimum Gasteiger partial charge on any atom is -0.497 e. The van der Waals surface area contributed by atoms with Gasteiger partial charge in [-0.3, -0.25) is 4.79 Å². The van der Waals surface area contributed by atoms with Gasteiger partial charge in [-0.25, -0.2) is 4.68 Å². The number of nitrogens with zero attached hydrogens (tertiary/aromatic N) is 3. The van der Waals surface area contributed by atoms with E-state index < -0.39 is 0 Å². The van der Waals surface area contributed by atoms with Gasteiger partial charge in [-0.2, -0.15) is 0 Å². The summed E-state index contributed by atoms with van der Waals surface area (Å²) in [6.07, 6.45) is 1.53. The Labute approximate surface area is 148 Å². The zero-order chi connectivity index (χ0) is 17.6. The largest absolute Gasteiger partial charge is 0.497 e. The van der Waals surface area contributed by atoms with Gasteiger partial charge in [-0.05, 0) is 29.8 Å².